The van der Waals surface area contributed by atoms with Crippen molar-refractivity contribution in [3.8, 4) is 0 Å². The van der Waals surface area contributed by atoms with Crippen molar-refractivity contribution in [1.82, 2.24) is 4.90 Å². The highest BCUT2D eigenvalue weighted by Crippen LogP contribution is 2.35. The molecular weight excluding hydrogens is 210 g/mol. The van der Waals surface area contributed by atoms with E-state index in [9.17, 15) is 9.90 Å². The zero-order valence-corrected chi connectivity index (χ0v) is 10.5. The van der Waals surface area contributed by atoms with Gasteiger partial charge in [0.15, 0.2) is 0 Å². The van der Waals surface area contributed by atoms with Crippen molar-refractivity contribution in [2.45, 2.75) is 26.2 Å². The lowest BCUT2D eigenvalue weighted by molar-refractivity contribution is -0.148. The van der Waals surface area contributed by atoms with Crippen LogP contribution in [0.1, 0.15) is 26.2 Å². The standard InChI is InChI=1S/C11H21NO2S/c1-3-4-11(10(13)14)5-6-12(9-11)7-8-15-2/h3-9H2,1-2H3,(H,13,14). The number of hydrogen-bond acceptors (Lipinski definition) is 3. The number of likely N-dealkylation sites (tertiary alicyclic amines) is 1. The van der Waals surface area contributed by atoms with Gasteiger partial charge in [-0.15, -0.1) is 0 Å². The monoisotopic (exact) mass is 231 g/mol. The second-order valence-electron chi connectivity index (χ2n) is 4.35. The second kappa shape index (κ2) is 5.75. The van der Waals surface area contributed by atoms with Crippen LogP contribution in [0.5, 0.6) is 0 Å². The Hall–Kier alpha value is -0.220. The molecule has 0 aliphatic carbocycles. The van der Waals surface area contributed by atoms with Crippen LogP contribution in [0.2, 0.25) is 0 Å². The van der Waals surface area contributed by atoms with Gasteiger partial charge in [0, 0.05) is 18.8 Å². The molecule has 4 heteroatoms. The Balaban J connectivity index is 2.52. The fraction of sp³-hybridized carbons (Fsp3) is 0.909. The van der Waals surface area contributed by atoms with Gasteiger partial charge in [-0.1, -0.05) is 13.3 Å². The number of carboxylic acids is 1. The van der Waals surface area contributed by atoms with E-state index in [2.05, 4.69) is 18.1 Å². The number of thioether (sulfide) groups is 1. The van der Waals surface area contributed by atoms with Crippen LogP contribution < -0.4 is 0 Å². The molecule has 1 aliphatic rings. The number of aliphatic carboxylic acids is 1. The summed E-state index contributed by atoms with van der Waals surface area (Å²) in [6.07, 6.45) is 4.69. The Labute approximate surface area is 96.2 Å². The predicted octanol–water partition coefficient (Wildman–Crippen LogP) is 1.93. The van der Waals surface area contributed by atoms with E-state index in [1.807, 2.05) is 11.8 Å². The molecule has 1 heterocycles. The third-order valence-corrected chi connectivity index (χ3v) is 3.82. The van der Waals surface area contributed by atoms with Crippen LogP contribution in [0.4, 0.5) is 0 Å². The van der Waals surface area contributed by atoms with Gasteiger partial charge in [0.25, 0.3) is 0 Å². The molecule has 1 atom stereocenters. The van der Waals surface area contributed by atoms with Gasteiger partial charge in [-0.3, -0.25) is 4.79 Å². The van der Waals surface area contributed by atoms with Crippen molar-refractivity contribution in [2.24, 2.45) is 5.41 Å². The number of nitrogens with zero attached hydrogens (tertiary/aromatic N) is 1. The van der Waals surface area contributed by atoms with Crippen LogP contribution in [0.15, 0.2) is 0 Å². The molecule has 1 rings (SSSR count). The Kier molecular flexibility index (Phi) is 4.93. The fourth-order valence-electron chi connectivity index (χ4n) is 2.33. The summed E-state index contributed by atoms with van der Waals surface area (Å²) in [5, 5.41) is 9.31. The van der Waals surface area contributed by atoms with E-state index in [0.717, 1.165) is 44.6 Å². The molecule has 1 fully saturated rings. The summed E-state index contributed by atoms with van der Waals surface area (Å²) in [4.78, 5) is 13.6. The smallest absolute Gasteiger partial charge is 0.310 e. The van der Waals surface area contributed by atoms with E-state index in [-0.39, 0.29) is 0 Å². The molecule has 1 aliphatic heterocycles. The zero-order valence-electron chi connectivity index (χ0n) is 9.66. The van der Waals surface area contributed by atoms with Crippen molar-refractivity contribution in [1.29, 1.82) is 0 Å². The highest BCUT2D eigenvalue weighted by Gasteiger charge is 2.43. The van der Waals surface area contributed by atoms with E-state index in [1.54, 1.807) is 0 Å². The Morgan fingerprint density at radius 3 is 2.87 bits per heavy atom. The first-order valence-electron chi connectivity index (χ1n) is 5.59. The van der Waals surface area contributed by atoms with Crippen molar-refractivity contribution in [2.75, 3.05) is 31.6 Å². The van der Waals surface area contributed by atoms with Gasteiger partial charge in [-0.25, -0.2) is 0 Å². The zero-order chi connectivity index (χ0) is 11.3. The van der Waals surface area contributed by atoms with Gasteiger partial charge in [-0.2, -0.15) is 11.8 Å². The molecule has 0 aromatic heterocycles. The van der Waals surface area contributed by atoms with Crippen molar-refractivity contribution in [3.63, 3.8) is 0 Å². The average molecular weight is 231 g/mol. The molecule has 3 nitrogen and oxygen atoms in total. The van der Waals surface area contributed by atoms with Gasteiger partial charge >= 0.3 is 5.97 Å². The summed E-state index contributed by atoms with van der Waals surface area (Å²) in [6.45, 7) is 4.79. The van der Waals surface area contributed by atoms with Crippen LogP contribution in [-0.4, -0.2) is 47.6 Å². The summed E-state index contributed by atoms with van der Waals surface area (Å²) in [5.41, 5.74) is -0.451. The molecule has 15 heavy (non-hydrogen) atoms. The maximum absolute atomic E-state index is 11.3. The number of carboxylic acid groups (broad SMARTS) is 1. The quantitative estimate of drug-likeness (QED) is 0.758. The maximum atomic E-state index is 11.3. The summed E-state index contributed by atoms with van der Waals surface area (Å²) in [7, 11) is 0. The minimum atomic E-state index is -0.601. The molecule has 0 spiro atoms. The molecule has 88 valence electrons. The van der Waals surface area contributed by atoms with Crippen LogP contribution >= 0.6 is 11.8 Å². The third-order valence-electron chi connectivity index (χ3n) is 3.23. The normalized spacial score (nSPS) is 27.1. The third kappa shape index (κ3) is 3.11. The van der Waals surface area contributed by atoms with Gasteiger partial charge in [-0.05, 0) is 25.6 Å². The topological polar surface area (TPSA) is 40.5 Å². The van der Waals surface area contributed by atoms with E-state index in [4.69, 9.17) is 0 Å². The summed E-state index contributed by atoms with van der Waals surface area (Å²) in [5.74, 6) is 0.498. The molecule has 1 saturated heterocycles. The lowest BCUT2D eigenvalue weighted by Gasteiger charge is -2.24. The largest absolute Gasteiger partial charge is 0.481 e. The average Bonchev–Trinajstić information content (AvgIpc) is 2.60. The molecule has 0 radical (unpaired) electrons. The number of carbonyl (C=O) groups is 1. The summed E-state index contributed by atoms with van der Waals surface area (Å²) < 4.78 is 0. The predicted molar refractivity (Wildman–Crippen MR) is 64.4 cm³/mol. The summed E-state index contributed by atoms with van der Waals surface area (Å²) in [6, 6.07) is 0. The lowest BCUT2D eigenvalue weighted by atomic mass is 9.83. The molecule has 0 aromatic carbocycles. The van der Waals surface area contributed by atoms with Gasteiger partial charge in [0.2, 0.25) is 0 Å². The molecule has 0 saturated carbocycles. The number of hydrogen-bond donors (Lipinski definition) is 1. The Morgan fingerprint density at radius 2 is 2.33 bits per heavy atom. The second-order valence-corrected chi connectivity index (χ2v) is 5.34. The molecule has 1 unspecified atom stereocenters. The fourth-order valence-corrected chi connectivity index (χ4v) is 2.77. The van der Waals surface area contributed by atoms with Crippen molar-refractivity contribution in [3.05, 3.63) is 0 Å². The molecular formula is C11H21NO2S. The molecule has 0 bridgehead atoms. The van der Waals surface area contributed by atoms with Crippen molar-refractivity contribution >= 4 is 17.7 Å². The van der Waals surface area contributed by atoms with Crippen molar-refractivity contribution < 1.29 is 9.90 Å². The van der Waals surface area contributed by atoms with Gasteiger partial charge in [0.1, 0.15) is 0 Å². The molecule has 1 N–H and O–H groups in total. The van der Waals surface area contributed by atoms with Gasteiger partial charge < -0.3 is 10.0 Å². The first kappa shape index (κ1) is 12.8. The Morgan fingerprint density at radius 1 is 1.60 bits per heavy atom. The minimum Gasteiger partial charge on any atom is -0.481 e. The van der Waals surface area contributed by atoms with Gasteiger partial charge in [0.05, 0.1) is 5.41 Å². The molecule has 0 aromatic rings. The van der Waals surface area contributed by atoms with E-state index < -0.39 is 11.4 Å². The van der Waals surface area contributed by atoms with E-state index in [1.165, 1.54) is 0 Å². The maximum Gasteiger partial charge on any atom is 0.310 e. The lowest BCUT2D eigenvalue weighted by Crippen LogP contribution is -2.35. The highest BCUT2D eigenvalue weighted by atomic mass is 32.2. The van der Waals surface area contributed by atoms with Crippen LogP contribution in [0, 0.1) is 5.41 Å². The van der Waals surface area contributed by atoms with E-state index >= 15 is 0 Å². The first-order chi connectivity index (χ1) is 7.14. The number of rotatable bonds is 6. The minimum absolute atomic E-state index is 0.451. The van der Waals surface area contributed by atoms with Crippen LogP contribution in [-0.2, 0) is 4.79 Å². The van der Waals surface area contributed by atoms with E-state index in [0.29, 0.717) is 0 Å². The highest BCUT2D eigenvalue weighted by molar-refractivity contribution is 7.98. The van der Waals surface area contributed by atoms with Crippen LogP contribution in [0.25, 0.3) is 0 Å². The summed E-state index contributed by atoms with van der Waals surface area (Å²) >= 11 is 1.82. The SMILES string of the molecule is CCCC1(C(=O)O)CCN(CCSC)C1. The molecule has 0 amide bonds. The first-order valence-corrected chi connectivity index (χ1v) is 6.98. The Bertz CT molecular complexity index is 223. The van der Waals surface area contributed by atoms with Crippen LogP contribution in [0.3, 0.4) is 0 Å².